The zero-order valence-electron chi connectivity index (χ0n) is 22.9. The van der Waals surface area contributed by atoms with Crippen LogP contribution in [0.2, 0.25) is 0 Å². The Kier molecular flexibility index (Phi) is 11.7. The number of rotatable bonds is 4. The van der Waals surface area contributed by atoms with Gasteiger partial charge in [0, 0.05) is 5.92 Å². The first-order valence-electron chi connectivity index (χ1n) is 15.0. The van der Waals surface area contributed by atoms with Gasteiger partial charge in [-0.3, -0.25) is 0 Å². The molecule has 4 aliphatic carbocycles. The van der Waals surface area contributed by atoms with E-state index < -0.39 is 0 Å². The molecule has 0 heterocycles. The molecule has 2 heteroatoms. The SMILES string of the molecule is CC1CCC(C=CC2CCC(C)C(O)C2)CC1.CC1CCC(C=CC2CCC(C)CC2O)CC1. The molecule has 0 saturated heterocycles. The fourth-order valence-corrected chi connectivity index (χ4v) is 6.67. The molecule has 0 aromatic heterocycles. The second kappa shape index (κ2) is 14.2. The Morgan fingerprint density at radius 3 is 1.44 bits per heavy atom. The average molecular weight is 473 g/mol. The summed E-state index contributed by atoms with van der Waals surface area (Å²) >= 11 is 0. The van der Waals surface area contributed by atoms with Crippen molar-refractivity contribution in [3.8, 4) is 0 Å². The summed E-state index contributed by atoms with van der Waals surface area (Å²) < 4.78 is 0. The van der Waals surface area contributed by atoms with Crippen LogP contribution in [-0.4, -0.2) is 22.4 Å². The number of allylic oxidation sites excluding steroid dienone is 3. The molecule has 2 N–H and O–H groups in total. The van der Waals surface area contributed by atoms with E-state index in [-0.39, 0.29) is 12.2 Å². The first kappa shape index (κ1) is 28.0. The van der Waals surface area contributed by atoms with Crippen molar-refractivity contribution < 1.29 is 10.2 Å². The van der Waals surface area contributed by atoms with Gasteiger partial charge in [-0.2, -0.15) is 0 Å². The van der Waals surface area contributed by atoms with E-state index in [2.05, 4.69) is 52.0 Å². The lowest BCUT2D eigenvalue weighted by molar-refractivity contribution is 0.0635. The molecule has 0 radical (unpaired) electrons. The molecule has 34 heavy (non-hydrogen) atoms. The molecule has 196 valence electrons. The number of aliphatic hydroxyl groups excluding tert-OH is 2. The van der Waals surface area contributed by atoms with Crippen molar-refractivity contribution in [2.45, 2.75) is 130 Å². The van der Waals surface area contributed by atoms with Crippen molar-refractivity contribution in [1.82, 2.24) is 0 Å². The maximum absolute atomic E-state index is 10.1. The molecule has 4 saturated carbocycles. The molecule has 0 bridgehead atoms. The van der Waals surface area contributed by atoms with Crippen LogP contribution in [0.25, 0.3) is 0 Å². The minimum atomic E-state index is -0.0856. The highest BCUT2D eigenvalue weighted by molar-refractivity contribution is 4.99. The van der Waals surface area contributed by atoms with Gasteiger partial charge in [0.05, 0.1) is 12.2 Å². The lowest BCUT2D eigenvalue weighted by Crippen LogP contribution is -2.27. The van der Waals surface area contributed by atoms with Gasteiger partial charge in [-0.15, -0.1) is 0 Å². The summed E-state index contributed by atoms with van der Waals surface area (Å²) in [6.07, 6.45) is 27.4. The summed E-state index contributed by atoms with van der Waals surface area (Å²) in [5.41, 5.74) is 0. The second-order valence-electron chi connectivity index (χ2n) is 13.1. The van der Waals surface area contributed by atoms with E-state index in [1.165, 1.54) is 77.0 Å². The van der Waals surface area contributed by atoms with Crippen LogP contribution in [0.1, 0.15) is 118 Å². The van der Waals surface area contributed by atoms with Crippen molar-refractivity contribution >= 4 is 0 Å². The summed E-state index contributed by atoms with van der Waals surface area (Å²) in [5.74, 6) is 5.78. The molecule has 6 unspecified atom stereocenters. The first-order valence-corrected chi connectivity index (χ1v) is 15.0. The Bertz CT molecular complexity index is 609. The van der Waals surface area contributed by atoms with Crippen LogP contribution in [0.15, 0.2) is 24.3 Å². The van der Waals surface area contributed by atoms with E-state index in [1.54, 1.807) is 0 Å². The quantitative estimate of drug-likeness (QED) is 0.404. The van der Waals surface area contributed by atoms with Gasteiger partial charge < -0.3 is 10.2 Å². The Balaban J connectivity index is 0.000000191. The molecule has 0 spiro atoms. The third-order valence-corrected chi connectivity index (χ3v) is 9.73. The Morgan fingerprint density at radius 1 is 0.441 bits per heavy atom. The van der Waals surface area contributed by atoms with Gasteiger partial charge in [-0.25, -0.2) is 0 Å². The summed E-state index contributed by atoms with van der Waals surface area (Å²) in [6.45, 7) is 9.17. The Hall–Kier alpha value is -0.600. The van der Waals surface area contributed by atoms with Crippen LogP contribution in [0.5, 0.6) is 0 Å². The van der Waals surface area contributed by atoms with Crippen LogP contribution >= 0.6 is 0 Å². The molecule has 0 amide bonds. The zero-order valence-corrected chi connectivity index (χ0v) is 22.9. The highest BCUT2D eigenvalue weighted by Gasteiger charge is 2.26. The van der Waals surface area contributed by atoms with Crippen molar-refractivity contribution in [3.63, 3.8) is 0 Å². The zero-order chi connectivity index (χ0) is 24.5. The van der Waals surface area contributed by atoms with Gasteiger partial charge in [0.2, 0.25) is 0 Å². The highest BCUT2D eigenvalue weighted by atomic mass is 16.3. The molecule has 4 aliphatic rings. The highest BCUT2D eigenvalue weighted by Crippen LogP contribution is 2.34. The van der Waals surface area contributed by atoms with E-state index in [0.29, 0.717) is 23.7 Å². The van der Waals surface area contributed by atoms with Crippen LogP contribution in [0.4, 0.5) is 0 Å². The van der Waals surface area contributed by atoms with E-state index >= 15 is 0 Å². The minimum Gasteiger partial charge on any atom is -0.393 e. The molecule has 0 aliphatic heterocycles. The molecular weight excluding hydrogens is 416 g/mol. The van der Waals surface area contributed by atoms with Crippen molar-refractivity contribution in [2.75, 3.05) is 0 Å². The smallest absolute Gasteiger partial charge is 0.0605 e. The van der Waals surface area contributed by atoms with Crippen LogP contribution in [0.3, 0.4) is 0 Å². The average Bonchev–Trinajstić information content (AvgIpc) is 2.82. The third-order valence-electron chi connectivity index (χ3n) is 9.73. The second-order valence-corrected chi connectivity index (χ2v) is 13.1. The van der Waals surface area contributed by atoms with Gasteiger partial charge in [-0.05, 0) is 106 Å². The lowest BCUT2D eigenvalue weighted by Gasteiger charge is -2.30. The normalized spacial score (nSPS) is 44.1. The molecule has 0 aromatic carbocycles. The standard InChI is InChI=1S/2C16H28O/c1-12-3-6-14(7-4-12)8-10-15-9-5-13(2)11-16(15)17;1-12-3-6-14(7-4-12)9-10-15-8-5-13(2)16(17)11-15/h8,10,12-17H,3-7,9,11H2,1-2H3;9-10,12-17H,3-8,11H2,1-2H3. The maximum Gasteiger partial charge on any atom is 0.0605 e. The van der Waals surface area contributed by atoms with Crippen molar-refractivity contribution in [2.24, 2.45) is 47.3 Å². The van der Waals surface area contributed by atoms with Gasteiger partial charge in [0.25, 0.3) is 0 Å². The topological polar surface area (TPSA) is 40.5 Å². The number of hydrogen-bond acceptors (Lipinski definition) is 2. The van der Waals surface area contributed by atoms with E-state index in [1.807, 2.05) is 0 Å². The molecule has 6 atom stereocenters. The Morgan fingerprint density at radius 2 is 0.912 bits per heavy atom. The van der Waals surface area contributed by atoms with Crippen LogP contribution in [0, 0.1) is 47.3 Å². The van der Waals surface area contributed by atoms with Gasteiger partial charge >= 0.3 is 0 Å². The van der Waals surface area contributed by atoms with E-state index in [4.69, 9.17) is 0 Å². The molecule has 4 rings (SSSR count). The van der Waals surface area contributed by atoms with Crippen LogP contribution < -0.4 is 0 Å². The van der Waals surface area contributed by atoms with E-state index in [9.17, 15) is 10.2 Å². The summed E-state index contributed by atoms with van der Waals surface area (Å²) in [5, 5.41) is 19.9. The lowest BCUT2D eigenvalue weighted by atomic mass is 9.78. The van der Waals surface area contributed by atoms with Crippen molar-refractivity contribution in [3.05, 3.63) is 24.3 Å². The predicted molar refractivity (Wildman–Crippen MR) is 146 cm³/mol. The van der Waals surface area contributed by atoms with Gasteiger partial charge in [0.1, 0.15) is 0 Å². The summed E-state index contributed by atoms with van der Waals surface area (Å²) in [4.78, 5) is 0. The number of hydrogen-bond donors (Lipinski definition) is 2. The molecule has 0 aromatic rings. The largest absolute Gasteiger partial charge is 0.393 e. The van der Waals surface area contributed by atoms with Crippen molar-refractivity contribution in [1.29, 1.82) is 0 Å². The molecule has 4 fully saturated rings. The van der Waals surface area contributed by atoms with E-state index in [0.717, 1.165) is 36.5 Å². The molecule has 2 nitrogen and oxygen atoms in total. The summed E-state index contributed by atoms with van der Waals surface area (Å²) in [6, 6.07) is 0. The van der Waals surface area contributed by atoms with Gasteiger partial charge in [-0.1, -0.05) is 77.7 Å². The number of aliphatic hydroxyl groups is 2. The fourth-order valence-electron chi connectivity index (χ4n) is 6.67. The Labute approximate surface area is 211 Å². The predicted octanol–water partition coefficient (Wildman–Crippen LogP) is 8.33. The first-order chi connectivity index (χ1) is 16.3. The summed E-state index contributed by atoms with van der Waals surface area (Å²) in [7, 11) is 0. The fraction of sp³-hybridized carbons (Fsp3) is 0.875. The minimum absolute atomic E-state index is 0.0650. The monoisotopic (exact) mass is 472 g/mol. The maximum atomic E-state index is 10.1. The van der Waals surface area contributed by atoms with Gasteiger partial charge in [0.15, 0.2) is 0 Å². The molecular formula is C32H56O2. The van der Waals surface area contributed by atoms with Crippen LogP contribution in [-0.2, 0) is 0 Å². The third kappa shape index (κ3) is 9.45.